The highest BCUT2D eigenvalue weighted by molar-refractivity contribution is 5.08. The molecule has 0 spiro atoms. The Morgan fingerprint density at radius 1 is 1.35 bits per heavy atom. The first-order chi connectivity index (χ1) is 8.18. The smallest absolute Gasteiger partial charge is 0.181 e. The van der Waals surface area contributed by atoms with Crippen molar-refractivity contribution in [2.24, 2.45) is 5.73 Å². The molecule has 2 bridgehead atoms. The predicted molar refractivity (Wildman–Crippen MR) is 58.1 cm³/mol. The highest BCUT2D eigenvalue weighted by Crippen LogP contribution is 2.41. The lowest BCUT2D eigenvalue weighted by Crippen LogP contribution is -2.61. The highest BCUT2D eigenvalue weighted by Gasteiger charge is 2.58. The third-order valence-electron chi connectivity index (χ3n) is 3.65. The zero-order valence-corrected chi connectivity index (χ0v) is 9.27. The lowest BCUT2D eigenvalue weighted by Gasteiger charge is -2.42. The number of hydrogen-bond donors (Lipinski definition) is 3. The molecule has 5 atom stereocenters. The van der Waals surface area contributed by atoms with Crippen LogP contribution in [0.15, 0.2) is 24.5 Å². The third kappa shape index (κ3) is 1.46. The van der Waals surface area contributed by atoms with Crippen molar-refractivity contribution in [3.63, 3.8) is 0 Å². The van der Waals surface area contributed by atoms with Crippen molar-refractivity contribution in [2.75, 3.05) is 13.2 Å². The molecule has 4 N–H and O–H groups in total. The maximum absolute atomic E-state index is 10.2. The minimum absolute atomic E-state index is 0.125. The maximum atomic E-state index is 10.2. The van der Waals surface area contributed by atoms with E-state index in [-0.39, 0.29) is 13.2 Å². The summed E-state index contributed by atoms with van der Waals surface area (Å²) in [6.07, 6.45) is 1.05. The third-order valence-corrected chi connectivity index (χ3v) is 3.65. The van der Waals surface area contributed by atoms with Gasteiger partial charge in [-0.25, -0.2) is 0 Å². The van der Waals surface area contributed by atoms with E-state index >= 15 is 0 Å². The van der Waals surface area contributed by atoms with E-state index in [4.69, 9.17) is 15.2 Å². The van der Waals surface area contributed by atoms with Crippen LogP contribution in [-0.2, 0) is 9.47 Å². The van der Waals surface area contributed by atoms with Gasteiger partial charge in [0.1, 0.15) is 23.9 Å². The molecule has 3 heterocycles. The van der Waals surface area contributed by atoms with E-state index in [1.165, 1.54) is 0 Å². The summed E-state index contributed by atoms with van der Waals surface area (Å²) in [5.74, 6) is 0. The molecule has 6 nitrogen and oxygen atoms in total. The summed E-state index contributed by atoms with van der Waals surface area (Å²) in [6, 6.07) is 3.25. The minimum Gasteiger partial charge on any atom is -0.388 e. The van der Waals surface area contributed by atoms with Crippen molar-refractivity contribution in [3.05, 3.63) is 24.5 Å². The van der Waals surface area contributed by atoms with Gasteiger partial charge in [0.2, 0.25) is 0 Å². The van der Waals surface area contributed by atoms with E-state index in [0.29, 0.717) is 0 Å². The van der Waals surface area contributed by atoms with Gasteiger partial charge in [0.05, 0.1) is 6.61 Å². The van der Waals surface area contributed by atoms with Crippen molar-refractivity contribution >= 4 is 0 Å². The van der Waals surface area contributed by atoms with Crippen LogP contribution >= 0.6 is 0 Å². The van der Waals surface area contributed by atoms with Crippen LogP contribution in [0.1, 0.15) is 6.04 Å². The van der Waals surface area contributed by atoms with Gasteiger partial charge in [0, 0.05) is 18.9 Å². The molecule has 1 unspecified atom stereocenters. The Bertz CT molecular complexity index is 396. The number of fused-ring (bicyclic) bond motifs is 2. The molecule has 94 valence electrons. The molecule has 0 aliphatic carbocycles. The van der Waals surface area contributed by atoms with Crippen LogP contribution < -0.4 is 5.73 Å². The van der Waals surface area contributed by atoms with Crippen LogP contribution in [0.25, 0.3) is 0 Å². The van der Waals surface area contributed by atoms with Crippen LogP contribution in [0.4, 0.5) is 0 Å². The van der Waals surface area contributed by atoms with Gasteiger partial charge in [0.15, 0.2) is 6.29 Å². The summed E-state index contributed by atoms with van der Waals surface area (Å²) in [5, 5.41) is 20.3. The number of aromatic nitrogens is 1. The van der Waals surface area contributed by atoms with E-state index in [1.807, 2.05) is 12.1 Å². The molecule has 0 radical (unpaired) electrons. The van der Waals surface area contributed by atoms with E-state index < -0.39 is 30.1 Å². The summed E-state index contributed by atoms with van der Waals surface area (Å²) in [5.41, 5.74) is 4.64. The zero-order valence-electron chi connectivity index (χ0n) is 9.27. The second-order valence-electron chi connectivity index (χ2n) is 4.62. The number of nitrogens with zero attached hydrogens (tertiary/aromatic N) is 1. The molecule has 6 heteroatoms. The molecule has 2 aliphatic rings. The van der Waals surface area contributed by atoms with Crippen LogP contribution in [-0.4, -0.2) is 52.0 Å². The van der Waals surface area contributed by atoms with Gasteiger partial charge in [-0.1, -0.05) is 0 Å². The number of hydrogen-bond acceptors (Lipinski definition) is 5. The minimum atomic E-state index is -1.04. The zero-order chi connectivity index (χ0) is 12.0. The Kier molecular flexibility index (Phi) is 2.49. The summed E-state index contributed by atoms with van der Waals surface area (Å²) in [7, 11) is 0. The van der Waals surface area contributed by atoms with Crippen molar-refractivity contribution in [2.45, 2.75) is 30.1 Å². The Morgan fingerprint density at radius 3 is 2.71 bits per heavy atom. The SMILES string of the molecule is NC[C@@]12COC(O1)[C@H](n1cccc1)[C@@H](O)[C@H]2O. The highest BCUT2D eigenvalue weighted by atomic mass is 16.7. The molecule has 1 aromatic rings. The fourth-order valence-corrected chi connectivity index (χ4v) is 2.60. The first-order valence-corrected chi connectivity index (χ1v) is 5.66. The average molecular weight is 240 g/mol. The van der Waals surface area contributed by atoms with Crippen molar-refractivity contribution < 1.29 is 19.7 Å². The lowest BCUT2D eigenvalue weighted by atomic mass is 9.88. The first-order valence-electron chi connectivity index (χ1n) is 5.66. The monoisotopic (exact) mass is 240 g/mol. The molecule has 3 rings (SSSR count). The summed E-state index contributed by atoms with van der Waals surface area (Å²) >= 11 is 0. The molecule has 2 fully saturated rings. The van der Waals surface area contributed by atoms with Crippen LogP contribution in [0.2, 0.25) is 0 Å². The van der Waals surface area contributed by atoms with Gasteiger partial charge in [-0.15, -0.1) is 0 Å². The number of nitrogens with two attached hydrogens (primary N) is 1. The Balaban J connectivity index is 1.94. The summed E-state index contributed by atoms with van der Waals surface area (Å²) < 4.78 is 13.0. The molecule has 2 aliphatic heterocycles. The van der Waals surface area contributed by atoms with E-state index in [0.717, 1.165) is 0 Å². The van der Waals surface area contributed by atoms with Crippen LogP contribution in [0.3, 0.4) is 0 Å². The van der Waals surface area contributed by atoms with Gasteiger partial charge in [0.25, 0.3) is 0 Å². The predicted octanol–water partition coefficient (Wildman–Crippen LogP) is -1.17. The average Bonchev–Trinajstić information content (AvgIpc) is 2.96. The van der Waals surface area contributed by atoms with Gasteiger partial charge >= 0.3 is 0 Å². The maximum Gasteiger partial charge on any atom is 0.181 e. The second-order valence-corrected chi connectivity index (χ2v) is 4.62. The normalized spacial score (nSPS) is 45.1. The molecular formula is C11H16N2O4. The van der Waals surface area contributed by atoms with Crippen molar-refractivity contribution in [1.82, 2.24) is 4.57 Å². The molecule has 0 amide bonds. The quantitative estimate of drug-likeness (QED) is 0.606. The first kappa shape index (κ1) is 11.2. The Labute approximate surface area is 98.5 Å². The molecule has 2 saturated heterocycles. The van der Waals surface area contributed by atoms with Crippen molar-refractivity contribution in [3.8, 4) is 0 Å². The van der Waals surface area contributed by atoms with E-state index in [1.54, 1.807) is 17.0 Å². The van der Waals surface area contributed by atoms with Gasteiger partial charge in [-0.3, -0.25) is 0 Å². The number of aliphatic hydroxyl groups excluding tert-OH is 2. The lowest BCUT2D eigenvalue weighted by molar-refractivity contribution is -0.231. The van der Waals surface area contributed by atoms with Gasteiger partial charge < -0.3 is 30.0 Å². The second kappa shape index (κ2) is 3.79. The van der Waals surface area contributed by atoms with Gasteiger partial charge in [-0.05, 0) is 12.1 Å². The summed E-state index contributed by atoms with van der Waals surface area (Å²) in [6.45, 7) is 0.338. The summed E-state index contributed by atoms with van der Waals surface area (Å²) in [4.78, 5) is 0. The Morgan fingerprint density at radius 2 is 2.06 bits per heavy atom. The molecule has 0 aromatic carbocycles. The molecular weight excluding hydrogens is 224 g/mol. The fourth-order valence-electron chi connectivity index (χ4n) is 2.60. The number of ether oxygens (including phenoxy) is 2. The molecule has 0 saturated carbocycles. The van der Waals surface area contributed by atoms with Crippen molar-refractivity contribution in [1.29, 1.82) is 0 Å². The largest absolute Gasteiger partial charge is 0.388 e. The van der Waals surface area contributed by atoms with Crippen LogP contribution in [0.5, 0.6) is 0 Å². The molecule has 1 aromatic heterocycles. The standard InChI is InChI=1S/C11H16N2O4/c12-5-11-6-16-10(17-11)7(8(14)9(11)15)13-3-1-2-4-13/h1-4,7-10,14-15H,5-6,12H2/t7-,8-,9-,10?,11+/m1/s1. The van der Waals surface area contributed by atoms with E-state index in [2.05, 4.69) is 0 Å². The van der Waals surface area contributed by atoms with Crippen LogP contribution in [0, 0.1) is 0 Å². The number of rotatable bonds is 2. The number of aliphatic hydroxyl groups is 2. The van der Waals surface area contributed by atoms with Gasteiger partial charge in [-0.2, -0.15) is 0 Å². The Hall–Kier alpha value is -0.920. The topological polar surface area (TPSA) is 89.9 Å². The van der Waals surface area contributed by atoms with E-state index in [9.17, 15) is 10.2 Å². The fraction of sp³-hybridized carbons (Fsp3) is 0.636. The molecule has 17 heavy (non-hydrogen) atoms.